The molecule has 8 nitrogen and oxygen atoms in total. The number of nitrogens with one attached hydrogen (secondary N) is 1. The first kappa shape index (κ1) is 18.8. The van der Waals surface area contributed by atoms with Gasteiger partial charge in [-0.25, -0.2) is 9.97 Å². The molecule has 2 atom stereocenters. The van der Waals surface area contributed by atoms with Crippen LogP contribution in [0, 0.1) is 0 Å². The zero-order valence-electron chi connectivity index (χ0n) is 17.5. The molecule has 3 aliphatic heterocycles. The summed E-state index contributed by atoms with van der Waals surface area (Å²) in [4.78, 5) is 15.5. The molecule has 32 heavy (non-hydrogen) atoms. The third-order valence-corrected chi connectivity index (χ3v) is 7.74. The number of anilines is 1. The lowest BCUT2D eigenvalue weighted by atomic mass is 9.98. The molecule has 4 aromatic rings. The Morgan fingerprint density at radius 3 is 2.66 bits per heavy atom. The Balaban J connectivity index is 1.27. The molecular weight excluding hydrogens is 426 g/mol. The lowest BCUT2D eigenvalue weighted by Crippen LogP contribution is -2.47. The lowest BCUT2D eigenvalue weighted by Gasteiger charge is -2.38. The van der Waals surface area contributed by atoms with Crippen molar-refractivity contribution in [1.82, 2.24) is 24.7 Å². The second-order valence-electron chi connectivity index (χ2n) is 9.31. The van der Waals surface area contributed by atoms with E-state index < -0.39 is 0 Å². The SMILES string of the molecule is NC1CC2CCC(C1)N2c1cnc2c(-c3ccc4nn(C5COC5)cc4c3Cl)c[nH]c2n1. The molecule has 2 bridgehead atoms. The maximum absolute atomic E-state index is 6.86. The maximum Gasteiger partial charge on any atom is 0.159 e. The minimum Gasteiger partial charge on any atom is -0.377 e. The van der Waals surface area contributed by atoms with Gasteiger partial charge in [0.1, 0.15) is 11.3 Å². The standard InChI is InChI=1S/C23H24ClN7O/c24-21-16(3-4-19-18(21)9-30(29-19)15-10-32-11-15)17-7-27-23-22(17)26-8-20(28-23)31-13-1-2-14(31)6-12(25)5-13/h3-4,7-9,12-15H,1-2,5-6,10-11,25H2,(H,27,28). The van der Waals surface area contributed by atoms with E-state index in [2.05, 4.69) is 15.0 Å². The van der Waals surface area contributed by atoms with Crippen molar-refractivity contribution < 1.29 is 4.74 Å². The van der Waals surface area contributed by atoms with Crippen molar-refractivity contribution in [2.24, 2.45) is 5.73 Å². The minimum absolute atomic E-state index is 0.291. The van der Waals surface area contributed by atoms with E-state index in [1.165, 1.54) is 12.8 Å². The molecule has 3 aliphatic rings. The summed E-state index contributed by atoms with van der Waals surface area (Å²) < 4.78 is 7.26. The van der Waals surface area contributed by atoms with Crippen LogP contribution in [0.1, 0.15) is 31.7 Å². The predicted molar refractivity (Wildman–Crippen MR) is 124 cm³/mol. The number of H-pyrrole nitrogens is 1. The summed E-state index contributed by atoms with van der Waals surface area (Å²) >= 11 is 6.86. The Bertz CT molecular complexity index is 1330. The second-order valence-corrected chi connectivity index (χ2v) is 9.69. The summed E-state index contributed by atoms with van der Waals surface area (Å²) in [5.74, 6) is 0.941. The molecule has 6 heterocycles. The van der Waals surface area contributed by atoms with E-state index in [4.69, 9.17) is 32.0 Å². The number of nitrogens with zero attached hydrogens (tertiary/aromatic N) is 5. The molecule has 0 amide bonds. The molecule has 3 N–H and O–H groups in total. The predicted octanol–water partition coefficient (Wildman–Crippen LogP) is 3.66. The van der Waals surface area contributed by atoms with Crippen LogP contribution in [-0.2, 0) is 4.74 Å². The molecule has 9 heteroatoms. The summed E-state index contributed by atoms with van der Waals surface area (Å²) in [5, 5.41) is 6.30. The van der Waals surface area contributed by atoms with Gasteiger partial charge in [-0.1, -0.05) is 17.7 Å². The zero-order valence-corrected chi connectivity index (χ0v) is 18.3. The fourth-order valence-electron chi connectivity index (χ4n) is 5.66. The van der Waals surface area contributed by atoms with Gasteiger partial charge in [0.25, 0.3) is 0 Å². The van der Waals surface area contributed by atoms with Crippen LogP contribution in [0.15, 0.2) is 30.7 Å². The molecule has 1 aromatic carbocycles. The quantitative estimate of drug-likeness (QED) is 0.495. The molecule has 3 aromatic heterocycles. The van der Waals surface area contributed by atoms with Crippen LogP contribution in [0.5, 0.6) is 0 Å². The van der Waals surface area contributed by atoms with Crippen LogP contribution in [0.2, 0.25) is 5.02 Å². The van der Waals surface area contributed by atoms with Crippen molar-refractivity contribution in [2.45, 2.75) is 49.9 Å². The molecule has 3 saturated heterocycles. The van der Waals surface area contributed by atoms with Crippen molar-refractivity contribution >= 4 is 39.5 Å². The largest absolute Gasteiger partial charge is 0.377 e. The Morgan fingerprint density at radius 2 is 1.91 bits per heavy atom. The highest BCUT2D eigenvalue weighted by Crippen LogP contribution is 2.40. The first-order valence-electron chi connectivity index (χ1n) is 11.3. The maximum atomic E-state index is 6.86. The second kappa shape index (κ2) is 6.91. The molecule has 3 fully saturated rings. The fraction of sp³-hybridized carbons (Fsp3) is 0.435. The zero-order chi connectivity index (χ0) is 21.4. The van der Waals surface area contributed by atoms with Gasteiger partial charge in [0.05, 0.1) is 36.0 Å². The topological polar surface area (TPSA) is 97.9 Å². The summed E-state index contributed by atoms with van der Waals surface area (Å²) in [6.07, 6.45) is 10.3. The first-order chi connectivity index (χ1) is 15.7. The number of halogens is 1. The van der Waals surface area contributed by atoms with E-state index in [1.807, 2.05) is 35.4 Å². The molecule has 7 rings (SSSR count). The first-order valence-corrected chi connectivity index (χ1v) is 11.7. The monoisotopic (exact) mass is 449 g/mol. The number of benzene rings is 1. The van der Waals surface area contributed by atoms with E-state index in [-0.39, 0.29) is 0 Å². The summed E-state index contributed by atoms with van der Waals surface area (Å²) in [6, 6.07) is 5.57. The average Bonchev–Trinajstić information content (AvgIpc) is 3.41. The van der Waals surface area contributed by atoms with Gasteiger partial charge in [0.2, 0.25) is 0 Å². The molecule has 0 aliphatic carbocycles. The lowest BCUT2D eigenvalue weighted by molar-refractivity contribution is -0.0283. The minimum atomic E-state index is 0.291. The third-order valence-electron chi connectivity index (χ3n) is 7.33. The fourth-order valence-corrected chi connectivity index (χ4v) is 5.97. The van der Waals surface area contributed by atoms with Gasteiger partial charge >= 0.3 is 0 Å². The van der Waals surface area contributed by atoms with E-state index in [0.29, 0.717) is 42.4 Å². The Hall–Kier alpha value is -2.68. The molecule has 0 radical (unpaired) electrons. The van der Waals surface area contributed by atoms with Gasteiger partial charge in [-0.05, 0) is 31.7 Å². The Morgan fingerprint density at radius 1 is 1.09 bits per heavy atom. The van der Waals surface area contributed by atoms with E-state index in [1.54, 1.807) is 0 Å². The van der Waals surface area contributed by atoms with E-state index in [0.717, 1.165) is 51.9 Å². The summed E-state index contributed by atoms with van der Waals surface area (Å²) in [6.45, 7) is 1.40. The van der Waals surface area contributed by atoms with Gasteiger partial charge in [-0.2, -0.15) is 5.10 Å². The number of nitrogens with two attached hydrogens (primary N) is 1. The molecule has 2 unspecified atom stereocenters. The van der Waals surface area contributed by atoms with Crippen molar-refractivity contribution in [2.75, 3.05) is 18.1 Å². The van der Waals surface area contributed by atoms with Crippen LogP contribution < -0.4 is 10.6 Å². The molecule has 0 saturated carbocycles. The highest BCUT2D eigenvalue weighted by molar-refractivity contribution is 6.38. The molecule has 164 valence electrons. The smallest absolute Gasteiger partial charge is 0.159 e. The number of aromatic nitrogens is 5. The third kappa shape index (κ3) is 2.73. The van der Waals surface area contributed by atoms with Gasteiger partial charge in [-0.3, -0.25) is 4.68 Å². The number of ether oxygens (including phenoxy) is 1. The molecule has 0 spiro atoms. The number of aromatic amines is 1. The molecular formula is C23H24ClN7O. The Kier molecular flexibility index (Phi) is 4.07. The normalized spacial score (nSPS) is 25.7. The number of hydrogen-bond acceptors (Lipinski definition) is 6. The highest BCUT2D eigenvalue weighted by atomic mass is 35.5. The Labute approximate surface area is 189 Å². The number of piperidine rings is 1. The average molecular weight is 450 g/mol. The van der Waals surface area contributed by atoms with E-state index in [9.17, 15) is 0 Å². The number of hydrogen-bond donors (Lipinski definition) is 2. The van der Waals surface area contributed by atoms with Crippen molar-refractivity contribution in [3.05, 3.63) is 35.7 Å². The summed E-state index contributed by atoms with van der Waals surface area (Å²) in [5.41, 5.74) is 10.6. The van der Waals surface area contributed by atoms with E-state index >= 15 is 0 Å². The number of fused-ring (bicyclic) bond motifs is 4. The van der Waals surface area contributed by atoms with Crippen molar-refractivity contribution in [1.29, 1.82) is 0 Å². The highest BCUT2D eigenvalue weighted by Gasteiger charge is 2.40. The van der Waals surface area contributed by atoms with Crippen LogP contribution in [0.3, 0.4) is 0 Å². The number of rotatable bonds is 3. The van der Waals surface area contributed by atoms with Gasteiger partial charge < -0.3 is 20.4 Å². The van der Waals surface area contributed by atoms with Gasteiger partial charge in [0, 0.05) is 47.0 Å². The van der Waals surface area contributed by atoms with Crippen molar-refractivity contribution in [3.63, 3.8) is 0 Å². The van der Waals surface area contributed by atoms with Gasteiger partial charge in [0.15, 0.2) is 5.65 Å². The van der Waals surface area contributed by atoms with Crippen LogP contribution in [0.25, 0.3) is 33.2 Å². The summed E-state index contributed by atoms with van der Waals surface area (Å²) in [7, 11) is 0. The van der Waals surface area contributed by atoms with Gasteiger partial charge in [-0.15, -0.1) is 0 Å². The van der Waals surface area contributed by atoms with Crippen LogP contribution in [-0.4, -0.2) is 56.1 Å². The van der Waals surface area contributed by atoms with Crippen LogP contribution >= 0.6 is 11.6 Å². The van der Waals surface area contributed by atoms with Crippen molar-refractivity contribution in [3.8, 4) is 11.1 Å². The van der Waals surface area contributed by atoms with Crippen LogP contribution in [0.4, 0.5) is 5.82 Å².